The third-order valence-electron chi connectivity index (χ3n) is 4.50. The highest BCUT2D eigenvalue weighted by Gasteiger charge is 2.29. The maximum absolute atomic E-state index is 12.7. The van der Waals surface area contributed by atoms with Crippen LogP contribution in [-0.2, 0) is 0 Å². The number of hydrogen-bond acceptors (Lipinski definition) is 5. The second-order valence-electron chi connectivity index (χ2n) is 6.09. The Labute approximate surface area is 156 Å². The van der Waals surface area contributed by atoms with E-state index in [1.807, 2.05) is 0 Å². The molecule has 1 saturated heterocycles. The van der Waals surface area contributed by atoms with Crippen LogP contribution in [0, 0.1) is 10.1 Å². The first kappa shape index (κ1) is 18.4. The van der Waals surface area contributed by atoms with Crippen LogP contribution < -0.4 is 4.74 Å². The monoisotopic (exact) mass is 369 g/mol. The first-order chi connectivity index (χ1) is 13.0. The van der Waals surface area contributed by atoms with Gasteiger partial charge in [-0.2, -0.15) is 0 Å². The molecule has 1 fully saturated rings. The molecule has 3 rings (SSSR count). The summed E-state index contributed by atoms with van der Waals surface area (Å²) in [6.45, 7) is 1.37. The van der Waals surface area contributed by atoms with Crippen molar-refractivity contribution in [3.8, 4) is 5.75 Å². The van der Waals surface area contributed by atoms with Crippen molar-refractivity contribution < 1.29 is 19.2 Å². The van der Waals surface area contributed by atoms with E-state index in [4.69, 9.17) is 4.74 Å². The number of nitrogens with zero attached hydrogens (tertiary/aromatic N) is 3. The molecule has 0 atom stereocenters. The van der Waals surface area contributed by atoms with Gasteiger partial charge < -0.3 is 14.5 Å². The Morgan fingerprint density at radius 3 is 2.22 bits per heavy atom. The number of para-hydroxylation sites is 1. The Hall–Kier alpha value is -3.42. The number of nitro groups is 1. The second-order valence-corrected chi connectivity index (χ2v) is 6.09. The minimum Gasteiger partial charge on any atom is -0.497 e. The average Bonchev–Trinajstić information content (AvgIpc) is 2.72. The normalized spacial score (nSPS) is 14.0. The molecule has 0 radical (unpaired) electrons. The lowest BCUT2D eigenvalue weighted by molar-refractivity contribution is -0.385. The van der Waals surface area contributed by atoms with Gasteiger partial charge >= 0.3 is 0 Å². The van der Waals surface area contributed by atoms with Crippen molar-refractivity contribution in [2.24, 2.45) is 0 Å². The summed E-state index contributed by atoms with van der Waals surface area (Å²) in [5.74, 6) is 0.0773. The number of benzene rings is 2. The molecule has 0 N–H and O–H groups in total. The fourth-order valence-electron chi connectivity index (χ4n) is 3.04. The molecule has 2 aromatic carbocycles. The quantitative estimate of drug-likeness (QED) is 0.608. The van der Waals surface area contributed by atoms with Crippen LogP contribution in [0.5, 0.6) is 5.75 Å². The van der Waals surface area contributed by atoms with Gasteiger partial charge in [0.05, 0.1) is 12.0 Å². The van der Waals surface area contributed by atoms with Gasteiger partial charge in [-0.05, 0) is 24.3 Å². The topological polar surface area (TPSA) is 93.0 Å². The van der Waals surface area contributed by atoms with Gasteiger partial charge in [0.1, 0.15) is 11.3 Å². The van der Waals surface area contributed by atoms with Crippen LogP contribution in [0.4, 0.5) is 5.69 Å². The van der Waals surface area contributed by atoms with E-state index in [2.05, 4.69) is 0 Å². The molecule has 8 nitrogen and oxygen atoms in total. The van der Waals surface area contributed by atoms with Crippen LogP contribution in [0.1, 0.15) is 20.7 Å². The minimum atomic E-state index is -0.560. The Balaban J connectivity index is 1.67. The Morgan fingerprint density at radius 1 is 0.963 bits per heavy atom. The molecule has 8 heteroatoms. The summed E-state index contributed by atoms with van der Waals surface area (Å²) in [5, 5.41) is 11.1. The lowest BCUT2D eigenvalue weighted by Crippen LogP contribution is -2.50. The highest BCUT2D eigenvalue weighted by molar-refractivity contribution is 5.98. The zero-order chi connectivity index (χ0) is 19.4. The smallest absolute Gasteiger partial charge is 0.282 e. The predicted octanol–water partition coefficient (Wildman–Crippen LogP) is 2.20. The van der Waals surface area contributed by atoms with Gasteiger partial charge in [-0.1, -0.05) is 18.2 Å². The number of ether oxygens (including phenoxy) is 1. The van der Waals surface area contributed by atoms with Gasteiger partial charge in [-0.15, -0.1) is 0 Å². The number of rotatable bonds is 4. The van der Waals surface area contributed by atoms with Crippen LogP contribution in [0.3, 0.4) is 0 Å². The molecule has 0 aliphatic carbocycles. The largest absolute Gasteiger partial charge is 0.497 e. The lowest BCUT2D eigenvalue weighted by Gasteiger charge is -2.34. The highest BCUT2D eigenvalue weighted by Crippen LogP contribution is 2.21. The molecular weight excluding hydrogens is 350 g/mol. The third-order valence-corrected chi connectivity index (χ3v) is 4.50. The van der Waals surface area contributed by atoms with Gasteiger partial charge in [0.15, 0.2) is 0 Å². The third kappa shape index (κ3) is 3.89. The van der Waals surface area contributed by atoms with Crippen LogP contribution in [0.2, 0.25) is 0 Å². The molecule has 2 amide bonds. The summed E-state index contributed by atoms with van der Waals surface area (Å²) >= 11 is 0. The first-order valence-electron chi connectivity index (χ1n) is 8.47. The van der Waals surface area contributed by atoms with Gasteiger partial charge in [-0.25, -0.2) is 0 Å². The number of carbonyl (C=O) groups is 2. The SMILES string of the molecule is COc1cccc(C(=O)N2CCN(C(=O)c3ccccc3[N+](=O)[O-])CC2)c1. The molecule has 0 saturated carbocycles. The van der Waals surface area contributed by atoms with Gasteiger partial charge in [0.2, 0.25) is 0 Å². The summed E-state index contributed by atoms with van der Waals surface area (Å²) < 4.78 is 5.14. The first-order valence-corrected chi connectivity index (χ1v) is 8.47. The van der Waals surface area contributed by atoms with Crippen LogP contribution in [0.25, 0.3) is 0 Å². The van der Waals surface area contributed by atoms with Gasteiger partial charge in [0, 0.05) is 37.8 Å². The van der Waals surface area contributed by atoms with E-state index in [9.17, 15) is 19.7 Å². The van der Waals surface area contributed by atoms with Crippen molar-refractivity contribution in [2.45, 2.75) is 0 Å². The zero-order valence-electron chi connectivity index (χ0n) is 14.8. The van der Waals surface area contributed by atoms with Crippen molar-refractivity contribution in [3.63, 3.8) is 0 Å². The molecular formula is C19H19N3O5. The number of methoxy groups -OCH3 is 1. The number of piperazine rings is 1. The van der Waals surface area contributed by atoms with E-state index in [-0.39, 0.29) is 17.2 Å². The molecule has 1 heterocycles. The number of hydrogen-bond donors (Lipinski definition) is 0. The van der Waals surface area contributed by atoms with E-state index >= 15 is 0 Å². The lowest BCUT2D eigenvalue weighted by atomic mass is 10.1. The number of carbonyl (C=O) groups excluding carboxylic acids is 2. The summed E-state index contributed by atoms with van der Waals surface area (Å²) in [5.41, 5.74) is 0.375. The van der Waals surface area contributed by atoms with Gasteiger partial charge in [-0.3, -0.25) is 19.7 Å². The number of amides is 2. The van der Waals surface area contributed by atoms with Gasteiger partial charge in [0.25, 0.3) is 17.5 Å². The summed E-state index contributed by atoms with van der Waals surface area (Å²) in [6.07, 6.45) is 0. The van der Waals surface area contributed by atoms with E-state index in [0.717, 1.165) is 0 Å². The second kappa shape index (κ2) is 7.86. The van der Waals surface area contributed by atoms with Crippen molar-refractivity contribution in [2.75, 3.05) is 33.3 Å². The molecule has 1 aliphatic heterocycles. The van der Waals surface area contributed by atoms with Crippen LogP contribution >= 0.6 is 0 Å². The molecule has 140 valence electrons. The fraction of sp³-hybridized carbons (Fsp3) is 0.263. The number of nitro benzene ring substituents is 1. The summed E-state index contributed by atoms with van der Waals surface area (Å²) in [7, 11) is 1.54. The molecule has 0 unspecified atom stereocenters. The Kier molecular flexibility index (Phi) is 5.35. The Bertz CT molecular complexity index is 875. The molecule has 0 bridgehead atoms. The highest BCUT2D eigenvalue weighted by atomic mass is 16.6. The predicted molar refractivity (Wildman–Crippen MR) is 97.9 cm³/mol. The molecule has 0 spiro atoms. The maximum Gasteiger partial charge on any atom is 0.282 e. The van der Waals surface area contributed by atoms with Crippen molar-refractivity contribution in [3.05, 3.63) is 69.8 Å². The van der Waals surface area contributed by atoms with Crippen molar-refractivity contribution >= 4 is 17.5 Å². The molecule has 0 aromatic heterocycles. The Morgan fingerprint density at radius 2 is 1.59 bits per heavy atom. The molecule has 27 heavy (non-hydrogen) atoms. The van der Waals surface area contributed by atoms with Crippen molar-refractivity contribution in [1.82, 2.24) is 9.80 Å². The maximum atomic E-state index is 12.7. The van der Waals surface area contributed by atoms with E-state index < -0.39 is 10.8 Å². The van der Waals surface area contributed by atoms with Crippen molar-refractivity contribution in [1.29, 1.82) is 0 Å². The van der Waals surface area contributed by atoms with E-state index in [0.29, 0.717) is 37.5 Å². The average molecular weight is 369 g/mol. The van der Waals surface area contributed by atoms with E-state index in [1.54, 1.807) is 35.2 Å². The fourth-order valence-corrected chi connectivity index (χ4v) is 3.04. The van der Waals surface area contributed by atoms with E-state index in [1.165, 1.54) is 30.2 Å². The molecule has 1 aliphatic rings. The minimum absolute atomic E-state index is 0.0649. The van der Waals surface area contributed by atoms with Crippen LogP contribution in [0.15, 0.2) is 48.5 Å². The summed E-state index contributed by atoms with van der Waals surface area (Å²) in [4.78, 5) is 39.1. The zero-order valence-corrected chi connectivity index (χ0v) is 14.8. The summed E-state index contributed by atoms with van der Waals surface area (Å²) in [6, 6.07) is 12.8. The molecule has 2 aromatic rings. The van der Waals surface area contributed by atoms with Crippen LogP contribution in [-0.4, -0.2) is 59.8 Å². The standard InChI is InChI=1S/C19H19N3O5/c1-27-15-6-4-5-14(13-15)18(23)20-9-11-21(12-10-20)19(24)16-7-2-3-8-17(16)22(25)26/h2-8,13H,9-12H2,1H3.